The smallest absolute Gasteiger partial charge is 0.0334 e. The van der Waals surface area contributed by atoms with Crippen molar-refractivity contribution in [3.05, 3.63) is 0 Å². The first-order chi connectivity index (χ1) is 8.31. The Morgan fingerprint density at radius 3 is 1.89 bits per heavy atom. The third kappa shape index (κ3) is 2.44. The molecule has 4 saturated carbocycles. The summed E-state index contributed by atoms with van der Waals surface area (Å²) in [5, 5.41) is 2.55. The maximum Gasteiger partial charge on any atom is 0.0334 e. The molecule has 4 heteroatoms. The number of rotatable bonds is 2. The van der Waals surface area contributed by atoms with Crippen molar-refractivity contribution in [1.29, 1.82) is 0 Å². The van der Waals surface area contributed by atoms with E-state index in [1.54, 1.807) is 19.3 Å². The van der Waals surface area contributed by atoms with Crippen molar-refractivity contribution in [2.24, 2.45) is 17.8 Å². The topological polar surface area (TPSA) is 15.3 Å². The number of hydrazine groups is 1. The van der Waals surface area contributed by atoms with Gasteiger partial charge in [0, 0.05) is 30.1 Å². The van der Waals surface area contributed by atoms with E-state index in [1.165, 1.54) is 43.9 Å². The molecule has 0 aromatic carbocycles. The van der Waals surface area contributed by atoms with Crippen molar-refractivity contribution < 1.29 is 0 Å². The van der Waals surface area contributed by atoms with Crippen LogP contribution in [0.3, 0.4) is 0 Å². The normalized spacial score (nSPS) is 47.0. The van der Waals surface area contributed by atoms with Crippen LogP contribution in [-0.2, 0) is 0 Å². The Balaban J connectivity index is 0.000001000. The van der Waals surface area contributed by atoms with Gasteiger partial charge in [-0.1, -0.05) is 0 Å². The molecule has 0 spiro atoms. The number of thioether (sulfide) groups is 1. The van der Waals surface area contributed by atoms with Gasteiger partial charge in [-0.2, -0.15) is 11.8 Å². The summed E-state index contributed by atoms with van der Waals surface area (Å²) in [6.07, 6.45) is 9.08. The van der Waals surface area contributed by atoms with E-state index < -0.39 is 0 Å². The van der Waals surface area contributed by atoms with Gasteiger partial charge in [-0.25, -0.2) is 10.4 Å². The molecule has 4 bridgehead atoms. The Labute approximate surface area is 121 Å². The largest absolute Gasteiger partial charge is 0.249 e. The first-order valence-corrected chi connectivity index (χ1v) is 8.57. The van der Waals surface area contributed by atoms with Crippen molar-refractivity contribution in [2.45, 2.75) is 44.1 Å². The number of halogens is 1. The molecule has 2 nitrogen and oxygen atoms in total. The summed E-state index contributed by atoms with van der Waals surface area (Å²) in [6.45, 7) is 2.51. The molecule has 5 fully saturated rings. The number of hydrogen-bond acceptors (Lipinski definition) is 3. The Bertz CT molecular complexity index is 269. The summed E-state index contributed by atoms with van der Waals surface area (Å²) in [5.74, 6) is 5.83. The van der Waals surface area contributed by atoms with Crippen LogP contribution in [0.25, 0.3) is 0 Å². The molecule has 104 valence electrons. The molecule has 0 aromatic heterocycles. The minimum Gasteiger partial charge on any atom is -0.249 e. The lowest BCUT2D eigenvalue weighted by Crippen LogP contribution is -2.63. The number of nitrogens with zero attached hydrogens (tertiary/aromatic N) is 1. The van der Waals surface area contributed by atoms with Gasteiger partial charge in [0.1, 0.15) is 0 Å². The van der Waals surface area contributed by atoms with Crippen LogP contribution in [0.4, 0.5) is 0 Å². The fraction of sp³-hybridized carbons (Fsp3) is 1.00. The first kappa shape index (κ1) is 13.5. The molecule has 1 saturated heterocycles. The third-order valence-electron chi connectivity index (χ3n) is 5.44. The summed E-state index contributed by atoms with van der Waals surface area (Å²) in [6, 6.07) is 0. The lowest BCUT2D eigenvalue weighted by atomic mass is 9.53. The summed E-state index contributed by atoms with van der Waals surface area (Å²) >= 11 is 2.11. The van der Waals surface area contributed by atoms with Crippen LogP contribution >= 0.6 is 24.2 Å². The summed E-state index contributed by atoms with van der Waals surface area (Å²) in [5.41, 5.74) is 4.51. The van der Waals surface area contributed by atoms with Crippen LogP contribution in [-0.4, -0.2) is 35.1 Å². The molecule has 1 N–H and O–H groups in total. The van der Waals surface area contributed by atoms with Crippen LogP contribution in [0, 0.1) is 17.8 Å². The zero-order chi connectivity index (χ0) is 11.3. The van der Waals surface area contributed by atoms with E-state index in [-0.39, 0.29) is 12.4 Å². The third-order valence-corrected chi connectivity index (χ3v) is 6.39. The number of hydrogen-bond donors (Lipinski definition) is 1. The molecular formula is C14H25ClN2S. The van der Waals surface area contributed by atoms with Crippen molar-refractivity contribution >= 4 is 24.2 Å². The predicted molar refractivity (Wildman–Crippen MR) is 80.2 cm³/mol. The van der Waals surface area contributed by atoms with Gasteiger partial charge < -0.3 is 0 Å². The molecule has 4 aliphatic carbocycles. The monoisotopic (exact) mass is 288 g/mol. The van der Waals surface area contributed by atoms with Gasteiger partial charge in [0.15, 0.2) is 0 Å². The van der Waals surface area contributed by atoms with Crippen LogP contribution < -0.4 is 5.43 Å². The Morgan fingerprint density at radius 2 is 1.39 bits per heavy atom. The maximum atomic E-state index is 3.98. The van der Waals surface area contributed by atoms with E-state index in [9.17, 15) is 0 Å². The molecule has 5 rings (SSSR count). The van der Waals surface area contributed by atoms with Gasteiger partial charge >= 0.3 is 0 Å². The molecule has 18 heavy (non-hydrogen) atoms. The van der Waals surface area contributed by atoms with Gasteiger partial charge in [-0.3, -0.25) is 0 Å². The average Bonchev–Trinajstić information content (AvgIpc) is 2.27. The zero-order valence-corrected chi connectivity index (χ0v) is 12.7. The van der Waals surface area contributed by atoms with Gasteiger partial charge in [-0.15, -0.1) is 12.4 Å². The van der Waals surface area contributed by atoms with E-state index >= 15 is 0 Å². The summed E-state index contributed by atoms with van der Waals surface area (Å²) in [4.78, 5) is 0. The zero-order valence-electron chi connectivity index (χ0n) is 11.1. The van der Waals surface area contributed by atoms with E-state index in [1.807, 2.05) is 0 Å². The summed E-state index contributed by atoms with van der Waals surface area (Å²) in [7, 11) is 0. The first-order valence-electron chi connectivity index (χ1n) is 7.42. The van der Waals surface area contributed by atoms with Gasteiger partial charge in [0.25, 0.3) is 0 Å². The lowest BCUT2D eigenvalue weighted by Gasteiger charge is -2.58. The Morgan fingerprint density at radius 1 is 0.889 bits per heavy atom. The Kier molecular flexibility index (Phi) is 3.88. The van der Waals surface area contributed by atoms with Crippen molar-refractivity contribution in [1.82, 2.24) is 10.4 Å². The fourth-order valence-corrected chi connectivity index (χ4v) is 6.16. The lowest BCUT2D eigenvalue weighted by molar-refractivity contribution is -0.0568. The molecule has 5 aliphatic rings. The van der Waals surface area contributed by atoms with Crippen molar-refractivity contribution in [3.8, 4) is 0 Å². The molecule has 0 amide bonds. The standard InChI is InChI=1S/C14H24N2S.ClH/c1-3-17-4-2-16(1)15-14-8-11-5-12(9-14)7-13(6-11)10-14;/h11-13,15H,1-10H2;1H. The Hall–Kier alpha value is 0.560. The highest BCUT2D eigenvalue weighted by molar-refractivity contribution is 7.99. The molecule has 0 aromatic rings. The minimum atomic E-state index is 0. The van der Waals surface area contributed by atoms with E-state index in [4.69, 9.17) is 0 Å². The molecule has 0 radical (unpaired) electrons. The van der Waals surface area contributed by atoms with E-state index in [2.05, 4.69) is 22.2 Å². The van der Waals surface area contributed by atoms with Gasteiger partial charge in [-0.05, 0) is 56.3 Å². The van der Waals surface area contributed by atoms with Crippen LogP contribution in [0.15, 0.2) is 0 Å². The van der Waals surface area contributed by atoms with Crippen LogP contribution in [0.1, 0.15) is 38.5 Å². The van der Waals surface area contributed by atoms with Gasteiger partial charge in [0.05, 0.1) is 0 Å². The highest BCUT2D eigenvalue weighted by Gasteiger charge is 2.51. The van der Waals surface area contributed by atoms with Crippen molar-refractivity contribution in [2.75, 3.05) is 24.6 Å². The highest BCUT2D eigenvalue weighted by atomic mass is 35.5. The minimum absolute atomic E-state index is 0. The maximum absolute atomic E-state index is 3.98. The van der Waals surface area contributed by atoms with Crippen molar-refractivity contribution in [3.63, 3.8) is 0 Å². The molecule has 0 atom stereocenters. The van der Waals surface area contributed by atoms with Gasteiger partial charge in [0.2, 0.25) is 0 Å². The quantitative estimate of drug-likeness (QED) is 0.841. The fourth-order valence-electron chi connectivity index (χ4n) is 5.26. The SMILES string of the molecule is C1CN(NC23CC4CC(CC(C4)C2)C3)CCS1.Cl. The highest BCUT2D eigenvalue weighted by Crippen LogP contribution is 2.55. The molecular weight excluding hydrogens is 264 g/mol. The van der Waals surface area contributed by atoms with Crippen LogP contribution in [0.5, 0.6) is 0 Å². The second kappa shape index (κ2) is 5.16. The predicted octanol–water partition coefficient (Wildman–Crippen LogP) is 2.93. The van der Waals surface area contributed by atoms with E-state index in [0.29, 0.717) is 5.54 Å². The molecule has 0 unspecified atom stereocenters. The second-order valence-corrected chi connectivity index (χ2v) is 8.13. The average molecular weight is 289 g/mol. The summed E-state index contributed by atoms with van der Waals surface area (Å²) < 4.78 is 0. The molecule has 1 aliphatic heterocycles. The number of nitrogens with one attached hydrogen (secondary N) is 1. The molecule has 1 heterocycles. The second-order valence-electron chi connectivity index (χ2n) is 6.91. The van der Waals surface area contributed by atoms with Crippen LogP contribution in [0.2, 0.25) is 0 Å². The van der Waals surface area contributed by atoms with E-state index in [0.717, 1.165) is 17.8 Å².